The molecule has 2 saturated heterocycles. The first-order chi connectivity index (χ1) is 9.22. The van der Waals surface area contributed by atoms with Crippen LogP contribution in [0.3, 0.4) is 0 Å². The summed E-state index contributed by atoms with van der Waals surface area (Å²) in [4.78, 5) is 5.13. The van der Waals surface area contributed by atoms with E-state index in [9.17, 15) is 0 Å². The second-order valence-corrected chi connectivity index (χ2v) is 6.74. The lowest BCUT2D eigenvalue weighted by Gasteiger charge is -2.27. The minimum Gasteiger partial charge on any atom is -0.299 e. The second-order valence-electron chi connectivity index (χ2n) is 6.74. The molecule has 4 rings (SSSR count). The van der Waals surface area contributed by atoms with E-state index in [1.54, 1.807) is 11.1 Å². The highest BCUT2D eigenvalue weighted by atomic mass is 15.2. The molecule has 0 saturated carbocycles. The Labute approximate surface area is 118 Å². The molecule has 2 nitrogen and oxygen atoms in total. The van der Waals surface area contributed by atoms with Crippen LogP contribution >= 0.6 is 0 Å². The van der Waals surface area contributed by atoms with Crippen LogP contribution in [-0.4, -0.2) is 48.6 Å². The molecule has 4 aliphatic heterocycles. The van der Waals surface area contributed by atoms with Crippen LogP contribution in [0.25, 0.3) is 0 Å². The molecule has 0 radical (unpaired) electrons. The van der Waals surface area contributed by atoms with Gasteiger partial charge in [-0.05, 0) is 58.5 Å². The van der Waals surface area contributed by atoms with Gasteiger partial charge in [-0.2, -0.15) is 0 Å². The average Bonchev–Trinajstić information content (AvgIpc) is 3.01. The van der Waals surface area contributed by atoms with Crippen molar-refractivity contribution in [3.63, 3.8) is 0 Å². The van der Waals surface area contributed by atoms with Crippen LogP contribution in [0.5, 0.6) is 0 Å². The summed E-state index contributed by atoms with van der Waals surface area (Å²) in [5.74, 6) is 0.916. The van der Waals surface area contributed by atoms with Crippen LogP contribution in [0.15, 0.2) is 23.3 Å². The molecular formula is C17H28N2. The summed E-state index contributed by atoms with van der Waals surface area (Å²) in [7, 11) is 0. The minimum atomic E-state index is 0.907. The van der Waals surface area contributed by atoms with Gasteiger partial charge in [0.2, 0.25) is 0 Å². The van der Waals surface area contributed by atoms with Gasteiger partial charge in [-0.15, -0.1) is 0 Å². The fourth-order valence-electron chi connectivity index (χ4n) is 3.90. The molecule has 19 heavy (non-hydrogen) atoms. The van der Waals surface area contributed by atoms with E-state index in [-0.39, 0.29) is 0 Å². The maximum Gasteiger partial charge on any atom is 0.0168 e. The average molecular weight is 260 g/mol. The van der Waals surface area contributed by atoms with E-state index in [1.807, 2.05) is 0 Å². The Kier molecular flexibility index (Phi) is 4.09. The monoisotopic (exact) mass is 260 g/mol. The topological polar surface area (TPSA) is 6.48 Å². The number of fused-ring (bicyclic) bond motifs is 3. The van der Waals surface area contributed by atoms with Crippen molar-refractivity contribution in [1.82, 2.24) is 9.80 Å². The molecule has 0 aromatic heterocycles. The van der Waals surface area contributed by atoms with Gasteiger partial charge in [0.05, 0.1) is 0 Å². The maximum atomic E-state index is 2.60. The third-order valence-corrected chi connectivity index (χ3v) is 5.32. The zero-order valence-corrected chi connectivity index (χ0v) is 12.6. The van der Waals surface area contributed by atoms with Gasteiger partial charge in [0.25, 0.3) is 0 Å². The molecule has 0 N–H and O–H groups in total. The van der Waals surface area contributed by atoms with Gasteiger partial charge < -0.3 is 0 Å². The van der Waals surface area contributed by atoms with Crippen molar-refractivity contribution in [1.29, 1.82) is 0 Å². The Morgan fingerprint density at radius 2 is 1.95 bits per heavy atom. The van der Waals surface area contributed by atoms with Gasteiger partial charge in [0, 0.05) is 25.7 Å². The summed E-state index contributed by atoms with van der Waals surface area (Å²) >= 11 is 0. The summed E-state index contributed by atoms with van der Waals surface area (Å²) in [5.41, 5.74) is 3.23. The highest BCUT2D eigenvalue weighted by molar-refractivity contribution is 5.12. The molecule has 0 aromatic carbocycles. The van der Waals surface area contributed by atoms with Crippen LogP contribution in [0, 0.1) is 5.92 Å². The van der Waals surface area contributed by atoms with Crippen molar-refractivity contribution in [2.24, 2.45) is 5.92 Å². The van der Waals surface area contributed by atoms with E-state index in [1.165, 1.54) is 58.4 Å². The Balaban J connectivity index is 0.000000117. The molecule has 4 heterocycles. The largest absolute Gasteiger partial charge is 0.299 e. The molecule has 2 bridgehead atoms. The molecule has 0 amide bonds. The van der Waals surface area contributed by atoms with Gasteiger partial charge in [-0.1, -0.05) is 23.3 Å². The second kappa shape index (κ2) is 5.80. The highest BCUT2D eigenvalue weighted by Gasteiger charge is 2.26. The van der Waals surface area contributed by atoms with Crippen LogP contribution in [-0.2, 0) is 0 Å². The van der Waals surface area contributed by atoms with Crippen molar-refractivity contribution < 1.29 is 0 Å². The number of hydrogen-bond acceptors (Lipinski definition) is 2. The highest BCUT2D eigenvalue weighted by Crippen LogP contribution is 2.27. The van der Waals surface area contributed by atoms with Crippen LogP contribution in [0.1, 0.15) is 39.5 Å². The number of nitrogens with zero attached hydrogens (tertiary/aromatic N) is 2. The predicted molar refractivity (Wildman–Crippen MR) is 81.3 cm³/mol. The van der Waals surface area contributed by atoms with Crippen LogP contribution in [0.2, 0.25) is 0 Å². The Morgan fingerprint density at radius 3 is 2.79 bits per heavy atom. The molecule has 0 aliphatic carbocycles. The zero-order valence-electron chi connectivity index (χ0n) is 12.6. The molecule has 0 spiro atoms. The molecule has 2 fully saturated rings. The van der Waals surface area contributed by atoms with E-state index in [4.69, 9.17) is 0 Å². The first-order valence-corrected chi connectivity index (χ1v) is 8.01. The lowest BCUT2D eigenvalue weighted by molar-refractivity contribution is 0.265. The SMILES string of the molecule is CC1=CCN2CCC1C2.CC1=CCN2CCCC2C1. The lowest BCUT2D eigenvalue weighted by Crippen LogP contribution is -2.32. The van der Waals surface area contributed by atoms with Gasteiger partial charge in [0.1, 0.15) is 0 Å². The van der Waals surface area contributed by atoms with Crippen molar-refractivity contribution in [3.8, 4) is 0 Å². The van der Waals surface area contributed by atoms with Gasteiger partial charge in [-0.25, -0.2) is 0 Å². The van der Waals surface area contributed by atoms with Crippen molar-refractivity contribution in [2.45, 2.75) is 45.6 Å². The van der Waals surface area contributed by atoms with Crippen molar-refractivity contribution >= 4 is 0 Å². The molecular weight excluding hydrogens is 232 g/mol. The fourth-order valence-corrected chi connectivity index (χ4v) is 3.90. The van der Waals surface area contributed by atoms with Crippen molar-refractivity contribution in [2.75, 3.05) is 32.7 Å². The number of rotatable bonds is 0. The number of hydrogen-bond donors (Lipinski definition) is 0. The van der Waals surface area contributed by atoms with Crippen molar-refractivity contribution in [3.05, 3.63) is 23.3 Å². The van der Waals surface area contributed by atoms with Crippen LogP contribution in [0.4, 0.5) is 0 Å². The first-order valence-electron chi connectivity index (χ1n) is 8.01. The Hall–Kier alpha value is -0.600. The lowest BCUT2D eigenvalue weighted by atomic mass is 9.98. The summed E-state index contributed by atoms with van der Waals surface area (Å²) in [5, 5.41) is 0. The molecule has 3 atom stereocenters. The molecule has 2 heteroatoms. The molecule has 4 aliphatic rings. The maximum absolute atomic E-state index is 2.60. The van der Waals surface area contributed by atoms with E-state index in [0.29, 0.717) is 0 Å². The summed E-state index contributed by atoms with van der Waals surface area (Å²) in [6, 6.07) is 0.907. The van der Waals surface area contributed by atoms with E-state index in [0.717, 1.165) is 12.0 Å². The zero-order chi connectivity index (χ0) is 13.2. The molecule has 3 unspecified atom stereocenters. The van der Waals surface area contributed by atoms with Crippen LogP contribution < -0.4 is 0 Å². The smallest absolute Gasteiger partial charge is 0.0168 e. The summed E-state index contributed by atoms with van der Waals surface area (Å²) in [6.07, 6.45) is 10.3. The minimum absolute atomic E-state index is 0.907. The summed E-state index contributed by atoms with van der Waals surface area (Å²) in [6.45, 7) is 11.0. The standard InChI is InChI=1S/C9H15N.C8H13N/c1-8-4-6-10-5-2-3-9(10)7-8;1-7-2-4-9-5-3-8(7)6-9/h4,9H,2-3,5-7H2,1H3;2,8H,3-6H2,1H3. The predicted octanol–water partition coefficient (Wildman–Crippen LogP) is 3.07. The van der Waals surface area contributed by atoms with E-state index < -0.39 is 0 Å². The van der Waals surface area contributed by atoms with E-state index in [2.05, 4.69) is 35.8 Å². The fraction of sp³-hybridized carbons (Fsp3) is 0.765. The molecule has 106 valence electrons. The third-order valence-electron chi connectivity index (χ3n) is 5.32. The van der Waals surface area contributed by atoms with Gasteiger partial charge in [-0.3, -0.25) is 9.80 Å². The van der Waals surface area contributed by atoms with Gasteiger partial charge >= 0.3 is 0 Å². The Bertz CT molecular complexity index is 383. The normalized spacial score (nSPS) is 37.1. The summed E-state index contributed by atoms with van der Waals surface area (Å²) < 4.78 is 0. The van der Waals surface area contributed by atoms with Gasteiger partial charge in [0.15, 0.2) is 0 Å². The third kappa shape index (κ3) is 3.11. The van der Waals surface area contributed by atoms with E-state index >= 15 is 0 Å². The quantitative estimate of drug-likeness (QED) is 0.618. The Morgan fingerprint density at radius 1 is 1.05 bits per heavy atom. The molecule has 0 aromatic rings. The first kappa shape index (κ1) is 13.4.